The number of hydrogen-bond acceptors (Lipinski definition) is 5. The molecule has 1 aromatic carbocycles. The van der Waals surface area contributed by atoms with E-state index in [0.717, 1.165) is 48.1 Å². The fourth-order valence-electron chi connectivity index (χ4n) is 4.92. The van der Waals surface area contributed by atoms with Crippen molar-refractivity contribution in [1.82, 2.24) is 14.8 Å². The van der Waals surface area contributed by atoms with Gasteiger partial charge in [0, 0.05) is 37.1 Å². The zero-order valence-electron chi connectivity index (χ0n) is 17.1. The van der Waals surface area contributed by atoms with Crippen LogP contribution in [0.25, 0.3) is 0 Å². The van der Waals surface area contributed by atoms with E-state index in [1.165, 1.54) is 16.9 Å². The highest BCUT2D eigenvalue weighted by molar-refractivity contribution is 7.13. The fourth-order valence-corrected chi connectivity index (χ4v) is 5.81. The van der Waals surface area contributed by atoms with Crippen LogP contribution in [-0.2, 0) is 0 Å². The molecule has 0 saturated carbocycles. The smallest absolute Gasteiger partial charge is 0.265 e. The van der Waals surface area contributed by atoms with Crippen LogP contribution in [0.5, 0.6) is 5.75 Å². The maximum atomic E-state index is 13.0. The lowest BCUT2D eigenvalue weighted by Gasteiger charge is -2.62. The molecule has 4 rings (SSSR count). The van der Waals surface area contributed by atoms with Gasteiger partial charge in [0.15, 0.2) is 0 Å². The predicted octanol–water partition coefficient (Wildman–Crippen LogP) is 4.15. The molecule has 5 nitrogen and oxygen atoms in total. The molecule has 0 bridgehead atoms. The van der Waals surface area contributed by atoms with Crippen LogP contribution < -0.4 is 0 Å². The van der Waals surface area contributed by atoms with Crippen molar-refractivity contribution in [2.45, 2.75) is 52.6 Å². The number of thiazole rings is 1. The minimum Gasteiger partial charge on any atom is -0.508 e. The van der Waals surface area contributed by atoms with Gasteiger partial charge in [-0.15, -0.1) is 11.3 Å². The van der Waals surface area contributed by atoms with E-state index < -0.39 is 0 Å². The second-order valence-electron chi connectivity index (χ2n) is 8.56. The molecule has 0 radical (unpaired) electrons. The molecule has 2 aliphatic heterocycles. The summed E-state index contributed by atoms with van der Waals surface area (Å²) >= 11 is 1.50. The first-order valence-electron chi connectivity index (χ1n) is 10.1. The lowest BCUT2D eigenvalue weighted by Crippen LogP contribution is -2.64. The Morgan fingerprint density at radius 3 is 2.39 bits per heavy atom. The third kappa shape index (κ3) is 3.22. The van der Waals surface area contributed by atoms with Crippen molar-refractivity contribution >= 4 is 17.2 Å². The Kier molecular flexibility index (Phi) is 4.96. The average molecular weight is 400 g/mol. The molecule has 150 valence electrons. The summed E-state index contributed by atoms with van der Waals surface area (Å²) in [6.07, 6.45) is 2.04. The zero-order valence-corrected chi connectivity index (χ0v) is 17.9. The van der Waals surface area contributed by atoms with Crippen molar-refractivity contribution in [3.63, 3.8) is 0 Å². The van der Waals surface area contributed by atoms with Gasteiger partial charge in [0.1, 0.15) is 10.6 Å². The standard InChI is InChI=1S/C22H29N3O2S/c1-14(2)25-13-22(20(25)17-5-7-18(26)8-6-17)9-11-24(12-10-22)21(27)19-15(3)23-16(4)28-19/h5-8,14,20,26H,9-13H2,1-4H3. The highest BCUT2D eigenvalue weighted by atomic mass is 32.1. The first kappa shape index (κ1) is 19.4. The van der Waals surface area contributed by atoms with Gasteiger partial charge in [-0.05, 0) is 58.2 Å². The van der Waals surface area contributed by atoms with Gasteiger partial charge in [-0.2, -0.15) is 0 Å². The first-order chi connectivity index (χ1) is 13.3. The second-order valence-corrected chi connectivity index (χ2v) is 9.77. The molecule has 2 aromatic rings. The number of benzene rings is 1. The molecule has 1 N–H and O–H groups in total. The molecule has 3 heterocycles. The molecule has 2 saturated heterocycles. The van der Waals surface area contributed by atoms with E-state index >= 15 is 0 Å². The Labute approximate surface area is 171 Å². The monoisotopic (exact) mass is 399 g/mol. The summed E-state index contributed by atoms with van der Waals surface area (Å²) in [5.74, 6) is 0.447. The van der Waals surface area contributed by atoms with Gasteiger partial charge < -0.3 is 10.0 Å². The molecular formula is C22H29N3O2S. The number of aromatic hydroxyl groups is 1. The highest BCUT2D eigenvalue weighted by Gasteiger charge is 2.54. The van der Waals surface area contributed by atoms with Gasteiger partial charge in [0.05, 0.1) is 10.7 Å². The molecule has 1 spiro atoms. The average Bonchev–Trinajstić information content (AvgIpc) is 2.99. The van der Waals surface area contributed by atoms with Crippen LogP contribution in [0.4, 0.5) is 0 Å². The summed E-state index contributed by atoms with van der Waals surface area (Å²) in [6, 6.07) is 8.51. The van der Waals surface area contributed by atoms with Crippen molar-refractivity contribution in [2.24, 2.45) is 5.41 Å². The number of aromatic nitrogens is 1. The molecule has 1 aromatic heterocycles. The maximum absolute atomic E-state index is 13.0. The van der Waals surface area contributed by atoms with E-state index in [2.05, 4.69) is 35.9 Å². The predicted molar refractivity (Wildman–Crippen MR) is 112 cm³/mol. The number of phenols is 1. The van der Waals surface area contributed by atoms with Crippen LogP contribution in [0.15, 0.2) is 24.3 Å². The summed E-state index contributed by atoms with van der Waals surface area (Å²) in [4.78, 5) is 22.7. The van der Waals surface area contributed by atoms with E-state index in [1.807, 2.05) is 18.7 Å². The summed E-state index contributed by atoms with van der Waals surface area (Å²) < 4.78 is 0. The van der Waals surface area contributed by atoms with Crippen molar-refractivity contribution < 1.29 is 9.90 Å². The van der Waals surface area contributed by atoms with Gasteiger partial charge in [0.25, 0.3) is 5.91 Å². The van der Waals surface area contributed by atoms with Gasteiger partial charge in [-0.3, -0.25) is 9.69 Å². The van der Waals surface area contributed by atoms with Gasteiger partial charge in [-0.1, -0.05) is 12.1 Å². The molecule has 1 unspecified atom stereocenters. The van der Waals surface area contributed by atoms with Crippen LogP contribution in [-0.4, -0.2) is 51.5 Å². The quantitative estimate of drug-likeness (QED) is 0.842. The van der Waals surface area contributed by atoms with Crippen molar-refractivity contribution in [3.05, 3.63) is 45.4 Å². The molecular weight excluding hydrogens is 370 g/mol. The molecule has 6 heteroatoms. The van der Waals surface area contributed by atoms with E-state index in [9.17, 15) is 9.90 Å². The number of aryl methyl sites for hydroxylation is 2. The largest absolute Gasteiger partial charge is 0.508 e. The van der Waals surface area contributed by atoms with E-state index in [4.69, 9.17) is 0 Å². The van der Waals surface area contributed by atoms with E-state index in [-0.39, 0.29) is 11.3 Å². The van der Waals surface area contributed by atoms with Gasteiger partial charge in [0.2, 0.25) is 0 Å². The van der Waals surface area contributed by atoms with Crippen LogP contribution in [0.1, 0.15) is 58.7 Å². The lowest BCUT2D eigenvalue weighted by atomic mass is 9.62. The van der Waals surface area contributed by atoms with Crippen molar-refractivity contribution in [2.75, 3.05) is 19.6 Å². The minimum absolute atomic E-state index is 0.138. The fraction of sp³-hybridized carbons (Fsp3) is 0.545. The zero-order chi connectivity index (χ0) is 20.1. The number of likely N-dealkylation sites (tertiary alicyclic amines) is 2. The summed E-state index contributed by atoms with van der Waals surface area (Å²) in [5, 5.41) is 10.6. The van der Waals surface area contributed by atoms with Crippen molar-refractivity contribution in [1.29, 1.82) is 0 Å². The summed E-state index contributed by atoms with van der Waals surface area (Å²) in [7, 11) is 0. The number of nitrogens with zero attached hydrogens (tertiary/aromatic N) is 3. The molecule has 2 aliphatic rings. The van der Waals surface area contributed by atoms with Crippen LogP contribution in [0.3, 0.4) is 0 Å². The Morgan fingerprint density at radius 1 is 1.21 bits per heavy atom. The van der Waals surface area contributed by atoms with Crippen LogP contribution >= 0.6 is 11.3 Å². The minimum atomic E-state index is 0.138. The third-order valence-corrected chi connectivity index (χ3v) is 7.49. The highest BCUT2D eigenvalue weighted by Crippen LogP contribution is 2.55. The molecule has 28 heavy (non-hydrogen) atoms. The molecule has 1 atom stereocenters. The van der Waals surface area contributed by atoms with Gasteiger partial charge in [-0.25, -0.2) is 4.98 Å². The Bertz CT molecular complexity index is 866. The number of carbonyl (C=O) groups excluding carboxylic acids is 1. The number of carbonyl (C=O) groups is 1. The van der Waals surface area contributed by atoms with E-state index in [1.54, 1.807) is 12.1 Å². The first-order valence-corrected chi connectivity index (χ1v) is 10.9. The Balaban J connectivity index is 1.51. The lowest BCUT2D eigenvalue weighted by molar-refractivity contribution is -0.124. The van der Waals surface area contributed by atoms with Crippen LogP contribution in [0, 0.1) is 19.3 Å². The number of hydrogen-bond donors (Lipinski definition) is 1. The topological polar surface area (TPSA) is 56.7 Å². The number of rotatable bonds is 3. The second kappa shape index (κ2) is 7.16. The third-order valence-electron chi connectivity index (χ3n) is 6.43. The van der Waals surface area contributed by atoms with Crippen molar-refractivity contribution in [3.8, 4) is 5.75 Å². The van der Waals surface area contributed by atoms with Gasteiger partial charge >= 0.3 is 0 Å². The number of phenolic OH excluding ortho intramolecular Hbond substituents is 1. The normalized spacial score (nSPS) is 21.9. The molecule has 2 fully saturated rings. The maximum Gasteiger partial charge on any atom is 0.265 e. The number of amides is 1. The molecule has 0 aliphatic carbocycles. The molecule has 1 amide bonds. The Morgan fingerprint density at radius 2 is 1.86 bits per heavy atom. The summed E-state index contributed by atoms with van der Waals surface area (Å²) in [6.45, 7) is 11.1. The van der Waals surface area contributed by atoms with Crippen LogP contribution in [0.2, 0.25) is 0 Å². The number of piperidine rings is 1. The Hall–Kier alpha value is -1.92. The SMILES string of the molecule is Cc1nc(C)c(C(=O)N2CCC3(CC2)CN(C(C)C)C3c2ccc(O)cc2)s1. The van der Waals surface area contributed by atoms with E-state index in [0.29, 0.717) is 17.8 Å². The summed E-state index contributed by atoms with van der Waals surface area (Å²) in [5.41, 5.74) is 2.34.